The molecule has 3 rings (SSSR count). The number of ether oxygens (including phenoxy) is 1. The summed E-state index contributed by atoms with van der Waals surface area (Å²) in [5, 5.41) is 0. The van der Waals surface area contributed by atoms with Gasteiger partial charge in [-0.2, -0.15) is 0 Å². The zero-order valence-corrected chi connectivity index (χ0v) is 12.3. The molecule has 10 nitrogen and oxygen atoms in total. The number of hydrogen-bond donors (Lipinski definition) is 3. The molecule has 0 spiro atoms. The Labute approximate surface area is 124 Å². The van der Waals surface area contributed by atoms with Gasteiger partial charge in [0, 0.05) is 6.42 Å². The van der Waals surface area contributed by atoms with Gasteiger partial charge in [0.1, 0.15) is 11.8 Å². The van der Waals surface area contributed by atoms with E-state index in [2.05, 4.69) is 26.1 Å². The van der Waals surface area contributed by atoms with E-state index in [0.717, 1.165) is 5.57 Å². The van der Waals surface area contributed by atoms with Crippen LogP contribution in [0.3, 0.4) is 0 Å². The molecule has 0 radical (unpaired) electrons. The van der Waals surface area contributed by atoms with Gasteiger partial charge in [-0.1, -0.05) is 6.58 Å². The predicted molar refractivity (Wildman–Crippen MR) is 75.4 cm³/mol. The van der Waals surface area contributed by atoms with Crippen molar-refractivity contribution in [3.05, 3.63) is 24.8 Å². The summed E-state index contributed by atoms with van der Waals surface area (Å²) in [5.41, 5.74) is 7.40. The number of nitrogens with zero attached hydrogens (tertiary/aromatic N) is 4. The van der Waals surface area contributed by atoms with Crippen molar-refractivity contribution in [2.75, 3.05) is 12.3 Å². The maximum Gasteiger partial charge on any atom is 0.469 e. The number of phosphoric ester groups is 1. The van der Waals surface area contributed by atoms with Gasteiger partial charge in [0.25, 0.3) is 0 Å². The Kier molecular flexibility index (Phi) is 3.71. The molecule has 0 amide bonds. The highest BCUT2D eigenvalue weighted by atomic mass is 31.2. The van der Waals surface area contributed by atoms with Crippen LogP contribution in [0.5, 0.6) is 0 Å². The standard InChI is InChI=1S/C11H14N5O5P/c1-6-2-7(3-20-22(17,18)19)21-11(6)16-5-15-8-9(12)13-4-14-10(8)16/h4-5,7,11H,1-3H2,(H2,12,13,14)(H2,17,18,19)/t7-,11+/m0/s1. The van der Waals surface area contributed by atoms with Crippen molar-refractivity contribution >= 4 is 24.8 Å². The number of aromatic nitrogens is 4. The van der Waals surface area contributed by atoms with Crippen LogP contribution in [-0.4, -0.2) is 42.0 Å². The van der Waals surface area contributed by atoms with Crippen LogP contribution in [0.1, 0.15) is 12.6 Å². The highest BCUT2D eigenvalue weighted by Gasteiger charge is 2.33. The van der Waals surface area contributed by atoms with Crippen molar-refractivity contribution in [1.29, 1.82) is 0 Å². The Morgan fingerprint density at radius 2 is 2.27 bits per heavy atom. The average molecular weight is 327 g/mol. The molecular weight excluding hydrogens is 313 g/mol. The maximum atomic E-state index is 10.7. The van der Waals surface area contributed by atoms with Gasteiger partial charge in [-0.25, -0.2) is 19.5 Å². The summed E-state index contributed by atoms with van der Waals surface area (Å²) in [6.45, 7) is 3.69. The number of imidazole rings is 1. The lowest BCUT2D eigenvalue weighted by Crippen LogP contribution is -2.16. The van der Waals surface area contributed by atoms with Gasteiger partial charge in [-0.3, -0.25) is 9.09 Å². The molecule has 1 saturated heterocycles. The topological polar surface area (TPSA) is 146 Å². The molecular formula is C11H14N5O5P. The van der Waals surface area contributed by atoms with E-state index in [1.165, 1.54) is 12.7 Å². The molecule has 1 fully saturated rings. The Bertz CT molecular complexity index is 771. The SMILES string of the molecule is C=C1C[C@@H](COP(=O)(O)O)O[C@H]1n1cnc2c(N)ncnc21. The molecule has 118 valence electrons. The zero-order valence-electron chi connectivity index (χ0n) is 11.4. The zero-order chi connectivity index (χ0) is 15.9. The smallest absolute Gasteiger partial charge is 0.382 e. The van der Waals surface area contributed by atoms with Gasteiger partial charge >= 0.3 is 7.82 Å². The number of nitrogens with two attached hydrogens (primary N) is 1. The molecule has 0 saturated carbocycles. The van der Waals surface area contributed by atoms with Crippen molar-refractivity contribution in [3.63, 3.8) is 0 Å². The van der Waals surface area contributed by atoms with Crippen LogP contribution in [0.2, 0.25) is 0 Å². The summed E-state index contributed by atoms with van der Waals surface area (Å²) in [6, 6.07) is 0. The number of hydrogen-bond acceptors (Lipinski definition) is 7. The fraction of sp³-hybridized carbons (Fsp3) is 0.364. The first kappa shape index (κ1) is 15.1. The molecule has 2 atom stereocenters. The highest BCUT2D eigenvalue weighted by Crippen LogP contribution is 2.39. The van der Waals surface area contributed by atoms with Crippen LogP contribution >= 0.6 is 7.82 Å². The third-order valence-corrected chi connectivity index (χ3v) is 3.71. The van der Waals surface area contributed by atoms with E-state index in [1.54, 1.807) is 4.57 Å². The van der Waals surface area contributed by atoms with E-state index in [-0.39, 0.29) is 12.4 Å². The molecule has 2 aromatic heterocycles. The first-order valence-corrected chi connectivity index (χ1v) is 7.84. The van der Waals surface area contributed by atoms with Crippen LogP contribution in [0, 0.1) is 0 Å². The lowest BCUT2D eigenvalue weighted by molar-refractivity contribution is -0.0132. The molecule has 0 unspecified atom stereocenters. The van der Waals surface area contributed by atoms with E-state index >= 15 is 0 Å². The lowest BCUT2D eigenvalue weighted by atomic mass is 10.2. The Morgan fingerprint density at radius 3 is 3.00 bits per heavy atom. The fourth-order valence-electron chi connectivity index (χ4n) is 2.30. The average Bonchev–Trinajstić information content (AvgIpc) is 3.00. The predicted octanol–water partition coefficient (Wildman–Crippen LogP) is 0.361. The summed E-state index contributed by atoms with van der Waals surface area (Å²) in [7, 11) is -4.53. The monoisotopic (exact) mass is 327 g/mol. The second-order valence-electron chi connectivity index (χ2n) is 4.84. The molecule has 0 aliphatic carbocycles. The number of phosphoric acid groups is 1. The Morgan fingerprint density at radius 1 is 1.50 bits per heavy atom. The molecule has 1 aliphatic rings. The summed E-state index contributed by atoms with van der Waals surface area (Å²) in [4.78, 5) is 29.6. The van der Waals surface area contributed by atoms with Crippen LogP contribution in [0.4, 0.5) is 5.82 Å². The van der Waals surface area contributed by atoms with Crippen molar-refractivity contribution in [3.8, 4) is 0 Å². The van der Waals surface area contributed by atoms with Gasteiger partial charge in [0.15, 0.2) is 17.7 Å². The molecule has 2 aromatic rings. The highest BCUT2D eigenvalue weighted by molar-refractivity contribution is 7.46. The van der Waals surface area contributed by atoms with Crippen molar-refractivity contribution in [1.82, 2.24) is 19.5 Å². The van der Waals surface area contributed by atoms with Gasteiger partial charge in [-0.05, 0) is 5.57 Å². The molecule has 22 heavy (non-hydrogen) atoms. The number of rotatable bonds is 4. The fourth-order valence-corrected chi connectivity index (χ4v) is 2.66. The summed E-state index contributed by atoms with van der Waals surface area (Å²) in [5.74, 6) is 0.258. The van der Waals surface area contributed by atoms with E-state index in [9.17, 15) is 4.57 Å². The largest absolute Gasteiger partial charge is 0.469 e. The minimum atomic E-state index is -4.53. The van der Waals surface area contributed by atoms with Crippen molar-refractivity contribution in [2.45, 2.75) is 18.8 Å². The molecule has 4 N–H and O–H groups in total. The van der Waals surface area contributed by atoms with E-state index in [1.807, 2.05) is 0 Å². The van der Waals surface area contributed by atoms with Gasteiger partial charge in [0.2, 0.25) is 0 Å². The van der Waals surface area contributed by atoms with E-state index < -0.39 is 20.2 Å². The summed E-state index contributed by atoms with van der Waals surface area (Å²) in [6.07, 6.45) is 2.18. The molecule has 1 aliphatic heterocycles. The van der Waals surface area contributed by atoms with Crippen LogP contribution in [0.15, 0.2) is 24.8 Å². The molecule has 3 heterocycles. The van der Waals surface area contributed by atoms with Crippen LogP contribution < -0.4 is 5.73 Å². The minimum Gasteiger partial charge on any atom is -0.382 e. The van der Waals surface area contributed by atoms with E-state index in [4.69, 9.17) is 20.3 Å². The number of nitrogen functional groups attached to an aromatic ring is 1. The maximum absolute atomic E-state index is 10.7. The van der Waals surface area contributed by atoms with Crippen molar-refractivity contribution in [2.24, 2.45) is 0 Å². The van der Waals surface area contributed by atoms with Crippen LogP contribution in [0.25, 0.3) is 11.2 Å². The Hall–Kier alpha value is -1.84. The second kappa shape index (κ2) is 5.41. The molecule has 11 heteroatoms. The normalized spacial score (nSPS) is 22.5. The lowest BCUT2D eigenvalue weighted by Gasteiger charge is -2.15. The molecule has 0 aromatic carbocycles. The van der Waals surface area contributed by atoms with Gasteiger partial charge in [0.05, 0.1) is 19.0 Å². The van der Waals surface area contributed by atoms with Gasteiger partial charge in [-0.15, -0.1) is 0 Å². The number of anilines is 1. The Balaban J connectivity index is 1.81. The summed E-state index contributed by atoms with van der Waals surface area (Å²) >= 11 is 0. The first-order chi connectivity index (χ1) is 10.3. The second-order valence-corrected chi connectivity index (χ2v) is 6.08. The minimum absolute atomic E-state index is 0.233. The van der Waals surface area contributed by atoms with E-state index in [0.29, 0.717) is 17.6 Å². The quantitative estimate of drug-likeness (QED) is 0.535. The molecule has 0 bridgehead atoms. The van der Waals surface area contributed by atoms with Crippen molar-refractivity contribution < 1.29 is 23.6 Å². The first-order valence-electron chi connectivity index (χ1n) is 6.31. The third kappa shape index (κ3) is 2.87. The third-order valence-electron chi connectivity index (χ3n) is 3.23. The number of fused-ring (bicyclic) bond motifs is 1. The summed E-state index contributed by atoms with van der Waals surface area (Å²) < 4.78 is 22.6. The van der Waals surface area contributed by atoms with Gasteiger partial charge < -0.3 is 20.3 Å². The van der Waals surface area contributed by atoms with Crippen LogP contribution in [-0.2, 0) is 13.8 Å².